The molecule has 0 fully saturated rings. The van der Waals surface area contributed by atoms with Crippen LogP contribution in [0.2, 0.25) is 0 Å². The van der Waals surface area contributed by atoms with Crippen LogP contribution in [0.5, 0.6) is 0 Å². The maximum atomic E-state index is 11.9. The van der Waals surface area contributed by atoms with Crippen LogP contribution in [0.25, 0.3) is 6.08 Å². The van der Waals surface area contributed by atoms with Crippen molar-refractivity contribution < 1.29 is 9.59 Å². The van der Waals surface area contributed by atoms with Gasteiger partial charge in [0.15, 0.2) is 0 Å². The molecule has 112 valence electrons. The fourth-order valence-electron chi connectivity index (χ4n) is 1.83. The summed E-state index contributed by atoms with van der Waals surface area (Å²) in [5.41, 5.74) is 6.99. The summed E-state index contributed by atoms with van der Waals surface area (Å²) in [4.78, 5) is 23.7. The number of rotatable bonds is 3. The van der Waals surface area contributed by atoms with E-state index in [1.165, 1.54) is 6.08 Å². The van der Waals surface area contributed by atoms with Crippen molar-refractivity contribution in [1.29, 1.82) is 0 Å². The smallest absolute Gasteiger partial charge is 0.268 e. The summed E-state index contributed by atoms with van der Waals surface area (Å²) in [5, 5.41) is 0. The van der Waals surface area contributed by atoms with E-state index in [0.29, 0.717) is 5.56 Å². The van der Waals surface area contributed by atoms with Gasteiger partial charge in [-0.15, -0.1) is 0 Å². The SMILES string of the molecule is Cc1ccccc1C(=O)NNC(=O)/C=C/c1ccccc1Br. The Morgan fingerprint density at radius 2 is 1.68 bits per heavy atom. The molecule has 0 aromatic heterocycles. The Labute approximate surface area is 137 Å². The van der Waals surface area contributed by atoms with Gasteiger partial charge in [-0.2, -0.15) is 0 Å². The van der Waals surface area contributed by atoms with E-state index in [1.54, 1.807) is 18.2 Å². The minimum absolute atomic E-state index is 0.347. The number of carbonyl (C=O) groups is 2. The lowest BCUT2D eigenvalue weighted by atomic mass is 10.1. The maximum absolute atomic E-state index is 11.9. The summed E-state index contributed by atoms with van der Waals surface area (Å²) in [5.74, 6) is -0.751. The molecule has 2 aromatic carbocycles. The second kappa shape index (κ2) is 7.56. The highest BCUT2D eigenvalue weighted by Crippen LogP contribution is 2.16. The first-order chi connectivity index (χ1) is 10.6. The molecule has 22 heavy (non-hydrogen) atoms. The van der Waals surface area contributed by atoms with Gasteiger partial charge in [0.2, 0.25) is 0 Å². The predicted octanol–water partition coefficient (Wildman–Crippen LogP) is 3.23. The van der Waals surface area contributed by atoms with Crippen LogP contribution < -0.4 is 10.9 Å². The van der Waals surface area contributed by atoms with Gasteiger partial charge >= 0.3 is 0 Å². The van der Waals surface area contributed by atoms with Gasteiger partial charge in [-0.3, -0.25) is 20.4 Å². The maximum Gasteiger partial charge on any atom is 0.269 e. The molecule has 0 aliphatic rings. The van der Waals surface area contributed by atoms with Crippen molar-refractivity contribution in [1.82, 2.24) is 10.9 Å². The molecule has 0 aliphatic heterocycles. The zero-order valence-electron chi connectivity index (χ0n) is 12.0. The first-order valence-corrected chi connectivity index (χ1v) is 7.46. The van der Waals surface area contributed by atoms with E-state index >= 15 is 0 Å². The topological polar surface area (TPSA) is 58.2 Å². The molecule has 0 atom stereocenters. The van der Waals surface area contributed by atoms with Crippen molar-refractivity contribution in [3.05, 3.63) is 75.8 Å². The summed E-state index contributed by atoms with van der Waals surface area (Å²) in [6.45, 7) is 1.84. The van der Waals surface area contributed by atoms with Crippen LogP contribution in [0.1, 0.15) is 21.5 Å². The number of carbonyl (C=O) groups excluding carboxylic acids is 2. The van der Waals surface area contributed by atoms with Crippen molar-refractivity contribution in [2.45, 2.75) is 6.92 Å². The summed E-state index contributed by atoms with van der Waals surface area (Å²) < 4.78 is 0.892. The van der Waals surface area contributed by atoms with Crippen LogP contribution in [0.3, 0.4) is 0 Å². The number of benzene rings is 2. The van der Waals surface area contributed by atoms with Crippen LogP contribution in [0, 0.1) is 6.92 Å². The lowest BCUT2D eigenvalue weighted by molar-refractivity contribution is -0.117. The molecule has 0 saturated carbocycles. The summed E-state index contributed by atoms with van der Waals surface area (Å²) >= 11 is 3.39. The molecule has 0 saturated heterocycles. The molecular weight excluding hydrogens is 344 g/mol. The summed E-state index contributed by atoms with van der Waals surface area (Å²) in [7, 11) is 0. The van der Waals surface area contributed by atoms with Crippen molar-refractivity contribution >= 4 is 33.8 Å². The van der Waals surface area contributed by atoms with Crippen molar-refractivity contribution in [3.8, 4) is 0 Å². The Balaban J connectivity index is 1.92. The fourth-order valence-corrected chi connectivity index (χ4v) is 2.25. The Hall–Kier alpha value is -2.40. The van der Waals surface area contributed by atoms with Crippen LogP contribution in [0.15, 0.2) is 59.1 Å². The third kappa shape index (κ3) is 4.30. The van der Waals surface area contributed by atoms with Crippen LogP contribution >= 0.6 is 15.9 Å². The van der Waals surface area contributed by atoms with Gasteiger partial charge in [0, 0.05) is 16.1 Å². The van der Waals surface area contributed by atoms with E-state index in [0.717, 1.165) is 15.6 Å². The van der Waals surface area contributed by atoms with Gasteiger partial charge in [-0.05, 0) is 36.3 Å². The van der Waals surface area contributed by atoms with Gasteiger partial charge in [0.05, 0.1) is 0 Å². The number of nitrogens with one attached hydrogen (secondary N) is 2. The molecular formula is C17H15BrN2O2. The summed E-state index contributed by atoms with van der Waals surface area (Å²) in [6, 6.07) is 14.7. The average molecular weight is 359 g/mol. The first kappa shape index (κ1) is 16.0. The van der Waals surface area contributed by atoms with E-state index in [-0.39, 0.29) is 5.91 Å². The van der Waals surface area contributed by atoms with Crippen molar-refractivity contribution in [2.75, 3.05) is 0 Å². The quantitative estimate of drug-likeness (QED) is 0.653. The minimum atomic E-state index is -0.405. The fraction of sp³-hybridized carbons (Fsp3) is 0.0588. The highest BCUT2D eigenvalue weighted by atomic mass is 79.9. The Bertz CT molecular complexity index is 726. The number of aryl methyl sites for hydroxylation is 1. The van der Waals surface area contributed by atoms with Gasteiger partial charge < -0.3 is 0 Å². The predicted molar refractivity (Wildman–Crippen MR) is 90.0 cm³/mol. The second-order valence-electron chi connectivity index (χ2n) is 4.61. The third-order valence-electron chi connectivity index (χ3n) is 3.01. The van der Waals surface area contributed by atoms with E-state index in [9.17, 15) is 9.59 Å². The van der Waals surface area contributed by atoms with Gasteiger partial charge in [0.1, 0.15) is 0 Å². The number of halogens is 1. The average Bonchev–Trinajstić information content (AvgIpc) is 2.52. The number of hydrogen-bond donors (Lipinski definition) is 2. The molecule has 0 spiro atoms. The van der Waals surface area contributed by atoms with Gasteiger partial charge in [0.25, 0.3) is 11.8 Å². The molecule has 2 aromatic rings. The lowest BCUT2D eigenvalue weighted by Crippen LogP contribution is -2.41. The minimum Gasteiger partial charge on any atom is -0.268 e. The standard InChI is InChI=1S/C17H15BrN2O2/c1-12-6-2-4-8-14(12)17(22)20-19-16(21)11-10-13-7-3-5-9-15(13)18/h2-11H,1H3,(H,19,21)(H,20,22)/b11-10+. The van der Waals surface area contributed by atoms with Crippen LogP contribution in [-0.4, -0.2) is 11.8 Å². The van der Waals surface area contributed by atoms with E-state index in [4.69, 9.17) is 0 Å². The molecule has 5 heteroatoms. The molecule has 2 rings (SSSR count). The molecule has 0 bridgehead atoms. The summed E-state index contributed by atoms with van der Waals surface area (Å²) in [6.07, 6.45) is 3.03. The molecule has 0 heterocycles. The van der Waals surface area contributed by atoms with E-state index < -0.39 is 5.91 Å². The lowest BCUT2D eigenvalue weighted by Gasteiger charge is -2.07. The van der Waals surface area contributed by atoms with Crippen molar-refractivity contribution in [2.24, 2.45) is 0 Å². The normalized spacial score (nSPS) is 10.5. The monoisotopic (exact) mass is 358 g/mol. The zero-order chi connectivity index (χ0) is 15.9. The molecule has 0 radical (unpaired) electrons. The molecule has 0 unspecified atom stereocenters. The highest BCUT2D eigenvalue weighted by molar-refractivity contribution is 9.10. The first-order valence-electron chi connectivity index (χ1n) is 6.66. The molecule has 2 N–H and O–H groups in total. The van der Waals surface area contributed by atoms with E-state index in [1.807, 2.05) is 43.3 Å². The zero-order valence-corrected chi connectivity index (χ0v) is 13.6. The number of hydrazine groups is 1. The molecule has 0 aliphatic carbocycles. The van der Waals surface area contributed by atoms with Crippen LogP contribution in [-0.2, 0) is 4.79 Å². The van der Waals surface area contributed by atoms with E-state index in [2.05, 4.69) is 26.8 Å². The van der Waals surface area contributed by atoms with Crippen molar-refractivity contribution in [3.63, 3.8) is 0 Å². The Morgan fingerprint density at radius 3 is 2.41 bits per heavy atom. The highest BCUT2D eigenvalue weighted by Gasteiger charge is 2.08. The largest absolute Gasteiger partial charge is 0.269 e. The second-order valence-corrected chi connectivity index (χ2v) is 5.47. The molecule has 4 nitrogen and oxygen atoms in total. The molecule has 2 amide bonds. The van der Waals surface area contributed by atoms with Crippen LogP contribution in [0.4, 0.5) is 0 Å². The number of hydrogen-bond acceptors (Lipinski definition) is 2. The van der Waals surface area contributed by atoms with Gasteiger partial charge in [-0.1, -0.05) is 52.3 Å². The van der Waals surface area contributed by atoms with Gasteiger partial charge in [-0.25, -0.2) is 0 Å². The Morgan fingerprint density at radius 1 is 1.00 bits per heavy atom. The number of amides is 2. The third-order valence-corrected chi connectivity index (χ3v) is 3.73. The Kier molecular flexibility index (Phi) is 5.49.